The number of nitrogens with zero attached hydrogens (tertiary/aromatic N) is 5. The van der Waals surface area contributed by atoms with Gasteiger partial charge < -0.3 is 0 Å². The quantitative estimate of drug-likeness (QED) is 0.403. The van der Waals surface area contributed by atoms with E-state index in [1.807, 2.05) is 30.7 Å². The molecule has 124 valence electrons. The summed E-state index contributed by atoms with van der Waals surface area (Å²) < 4.78 is 1.86. The average Bonchev–Trinajstić information content (AvgIpc) is 3.02. The predicted molar refractivity (Wildman–Crippen MR) is 94.2 cm³/mol. The zero-order valence-corrected chi connectivity index (χ0v) is 13.8. The highest BCUT2D eigenvalue weighted by molar-refractivity contribution is 5.77. The molecule has 0 unspecified atom stereocenters. The van der Waals surface area contributed by atoms with Crippen LogP contribution in [0.3, 0.4) is 0 Å². The van der Waals surface area contributed by atoms with Gasteiger partial charge in [-0.1, -0.05) is 6.07 Å². The Bertz CT molecular complexity index is 984. The van der Waals surface area contributed by atoms with Crippen molar-refractivity contribution >= 4 is 11.4 Å². The van der Waals surface area contributed by atoms with Crippen molar-refractivity contribution in [2.24, 2.45) is 0 Å². The first-order valence-electron chi connectivity index (χ1n) is 7.70. The van der Waals surface area contributed by atoms with E-state index in [2.05, 4.69) is 14.9 Å². The van der Waals surface area contributed by atoms with Gasteiger partial charge >= 0.3 is 0 Å². The summed E-state index contributed by atoms with van der Waals surface area (Å²) in [5.41, 5.74) is 3.84. The van der Waals surface area contributed by atoms with Crippen molar-refractivity contribution < 1.29 is 4.92 Å². The lowest BCUT2D eigenvalue weighted by Gasteiger charge is -2.07. The maximum atomic E-state index is 11.3. The molecule has 0 saturated heterocycles. The largest absolute Gasteiger partial charge is 0.274 e. The molecule has 0 aliphatic rings. The summed E-state index contributed by atoms with van der Waals surface area (Å²) in [5.74, 6) is 0. The fraction of sp³-hybridized carbons (Fsp3) is 0.167. The summed E-state index contributed by atoms with van der Waals surface area (Å²) in [4.78, 5) is 18.6. The molecule has 25 heavy (non-hydrogen) atoms. The fourth-order valence-electron chi connectivity index (χ4n) is 2.68. The molecule has 0 fully saturated rings. The molecule has 2 aromatic heterocycles. The zero-order chi connectivity index (χ0) is 18.0. The molecule has 0 aliphatic heterocycles. The van der Waals surface area contributed by atoms with E-state index in [1.54, 1.807) is 12.3 Å². The normalized spacial score (nSPS) is 10.4. The molecular weight excluding hydrogens is 318 g/mol. The first-order valence-corrected chi connectivity index (χ1v) is 7.70. The van der Waals surface area contributed by atoms with E-state index in [1.165, 1.54) is 18.2 Å². The smallest absolute Gasteiger partial charge is 0.263 e. The van der Waals surface area contributed by atoms with Crippen LogP contribution in [-0.2, 0) is 6.54 Å². The highest BCUT2D eigenvalue weighted by Crippen LogP contribution is 2.33. The van der Waals surface area contributed by atoms with Crippen LogP contribution >= 0.6 is 0 Å². The molecular formula is C18H15N5O2. The van der Waals surface area contributed by atoms with E-state index in [4.69, 9.17) is 6.57 Å². The van der Waals surface area contributed by atoms with Crippen molar-refractivity contribution in [2.75, 3.05) is 0 Å². The van der Waals surface area contributed by atoms with Crippen LogP contribution in [-0.4, -0.2) is 19.7 Å². The van der Waals surface area contributed by atoms with Crippen LogP contribution in [0.15, 0.2) is 42.6 Å². The number of hydrogen-bond donors (Lipinski definition) is 0. The number of nitro benzene ring substituents is 1. The predicted octanol–water partition coefficient (Wildman–Crippen LogP) is 4.40. The number of aromatic nitrogens is 3. The lowest BCUT2D eigenvalue weighted by molar-refractivity contribution is -0.384. The van der Waals surface area contributed by atoms with E-state index in [0.29, 0.717) is 16.8 Å². The van der Waals surface area contributed by atoms with Gasteiger partial charge in [0.05, 0.1) is 34.1 Å². The van der Waals surface area contributed by atoms with Gasteiger partial charge in [0.1, 0.15) is 0 Å². The Balaban J connectivity index is 2.06. The molecule has 1 aromatic carbocycles. The molecule has 3 aromatic rings. The highest BCUT2D eigenvalue weighted by Gasteiger charge is 2.17. The molecule has 7 nitrogen and oxygen atoms in total. The second kappa shape index (κ2) is 6.53. The minimum Gasteiger partial charge on any atom is -0.263 e. The molecule has 3 rings (SSSR count). The summed E-state index contributed by atoms with van der Waals surface area (Å²) in [5, 5.41) is 15.7. The van der Waals surface area contributed by atoms with Crippen molar-refractivity contribution in [3.63, 3.8) is 0 Å². The lowest BCUT2D eigenvalue weighted by Crippen LogP contribution is -2.00. The number of aryl methyl sites for hydroxylation is 2. The van der Waals surface area contributed by atoms with Gasteiger partial charge in [-0.3, -0.25) is 19.8 Å². The van der Waals surface area contributed by atoms with Gasteiger partial charge in [0.25, 0.3) is 5.69 Å². The number of nitro groups is 1. The molecule has 0 radical (unpaired) electrons. The van der Waals surface area contributed by atoms with Crippen molar-refractivity contribution in [3.8, 4) is 22.5 Å². The first-order chi connectivity index (χ1) is 12.0. The Labute approximate surface area is 144 Å². The Morgan fingerprint density at radius 3 is 2.68 bits per heavy atom. The number of hydrogen-bond acceptors (Lipinski definition) is 4. The number of rotatable bonds is 4. The molecule has 0 N–H and O–H groups in total. The standard InChI is InChI=1S/C18H15N5O2/c1-4-22-18(9-12(2)21-22)16-7-5-13(11-20-16)15-10-14(19-3)6-8-17(15)23(24)25/h5-11H,4H2,1-2H3. The van der Waals surface area contributed by atoms with Crippen molar-refractivity contribution in [1.82, 2.24) is 14.8 Å². The van der Waals surface area contributed by atoms with Crippen LogP contribution in [0.2, 0.25) is 0 Å². The minimum atomic E-state index is -0.452. The van der Waals surface area contributed by atoms with Crippen molar-refractivity contribution in [2.45, 2.75) is 20.4 Å². The SMILES string of the molecule is [C-]#[N+]c1ccc([N+](=O)[O-])c(-c2ccc(-c3cc(C)nn3CC)nc2)c1. The first kappa shape index (κ1) is 16.3. The van der Waals surface area contributed by atoms with Crippen LogP contribution in [0.25, 0.3) is 27.4 Å². The van der Waals surface area contributed by atoms with Gasteiger partial charge in [0.2, 0.25) is 0 Å². The molecule has 0 saturated carbocycles. The van der Waals surface area contributed by atoms with Gasteiger partial charge in [-0.25, -0.2) is 4.85 Å². The van der Waals surface area contributed by atoms with Gasteiger partial charge in [0.15, 0.2) is 5.69 Å². The Morgan fingerprint density at radius 2 is 2.08 bits per heavy atom. The summed E-state index contributed by atoms with van der Waals surface area (Å²) >= 11 is 0. The Kier molecular flexibility index (Phi) is 4.27. The molecule has 0 aliphatic carbocycles. The van der Waals surface area contributed by atoms with Crippen LogP contribution in [0.5, 0.6) is 0 Å². The van der Waals surface area contributed by atoms with Crippen LogP contribution in [0, 0.1) is 23.6 Å². The second-order valence-corrected chi connectivity index (χ2v) is 5.49. The lowest BCUT2D eigenvalue weighted by atomic mass is 10.0. The third-order valence-electron chi connectivity index (χ3n) is 3.84. The molecule has 0 bridgehead atoms. The maximum absolute atomic E-state index is 11.3. The molecule has 0 amide bonds. The maximum Gasteiger partial charge on any atom is 0.274 e. The van der Waals surface area contributed by atoms with E-state index in [0.717, 1.165) is 23.6 Å². The average molecular weight is 333 g/mol. The zero-order valence-electron chi connectivity index (χ0n) is 13.8. The Hall–Kier alpha value is -3.53. The summed E-state index contributed by atoms with van der Waals surface area (Å²) in [7, 11) is 0. The van der Waals surface area contributed by atoms with Gasteiger partial charge in [-0.15, -0.1) is 0 Å². The van der Waals surface area contributed by atoms with E-state index in [9.17, 15) is 10.1 Å². The van der Waals surface area contributed by atoms with Gasteiger partial charge in [-0.2, -0.15) is 5.10 Å². The third-order valence-corrected chi connectivity index (χ3v) is 3.84. The number of pyridine rings is 1. The van der Waals surface area contributed by atoms with E-state index < -0.39 is 4.92 Å². The minimum absolute atomic E-state index is 0.0450. The fourth-order valence-corrected chi connectivity index (χ4v) is 2.68. The molecule has 7 heteroatoms. The van der Waals surface area contributed by atoms with Crippen molar-refractivity contribution in [3.05, 3.63) is 69.8 Å². The third kappa shape index (κ3) is 3.10. The van der Waals surface area contributed by atoms with E-state index >= 15 is 0 Å². The molecule has 0 atom stereocenters. The number of benzene rings is 1. The van der Waals surface area contributed by atoms with Crippen molar-refractivity contribution in [1.29, 1.82) is 0 Å². The van der Waals surface area contributed by atoms with E-state index in [-0.39, 0.29) is 5.69 Å². The summed E-state index contributed by atoms with van der Waals surface area (Å²) in [6.07, 6.45) is 1.59. The molecule has 2 heterocycles. The Morgan fingerprint density at radius 1 is 1.28 bits per heavy atom. The van der Waals surface area contributed by atoms with Gasteiger partial charge in [0, 0.05) is 24.4 Å². The van der Waals surface area contributed by atoms with Crippen LogP contribution in [0.1, 0.15) is 12.6 Å². The monoisotopic (exact) mass is 333 g/mol. The summed E-state index contributed by atoms with van der Waals surface area (Å²) in [6, 6.07) is 9.86. The van der Waals surface area contributed by atoms with Gasteiger partial charge in [-0.05, 0) is 38.1 Å². The highest BCUT2D eigenvalue weighted by atomic mass is 16.6. The topological polar surface area (TPSA) is 78.2 Å². The van der Waals surface area contributed by atoms with Crippen LogP contribution < -0.4 is 0 Å². The second-order valence-electron chi connectivity index (χ2n) is 5.49. The molecule has 0 spiro atoms. The summed E-state index contributed by atoms with van der Waals surface area (Å²) in [6.45, 7) is 11.8. The van der Waals surface area contributed by atoms with Crippen LogP contribution in [0.4, 0.5) is 11.4 Å².